The Morgan fingerprint density at radius 1 is 1.28 bits per heavy atom. The van der Waals surface area contributed by atoms with Crippen LogP contribution in [0.1, 0.15) is 5.56 Å². The minimum absolute atomic E-state index is 0.364. The van der Waals surface area contributed by atoms with E-state index in [1.54, 1.807) is 5.06 Å². The molecule has 1 aliphatic heterocycles. The summed E-state index contributed by atoms with van der Waals surface area (Å²) in [6.07, 6.45) is 0.809. The third-order valence-electron chi connectivity index (χ3n) is 4.40. The molecule has 3 aromatic rings. The Bertz CT molecular complexity index is 1010. The number of piperazine rings is 1. The maximum atomic E-state index is 12.2. The Kier molecular flexibility index (Phi) is 6.05. The normalized spacial score (nSPS) is 15.4. The fraction of sp³-hybridized carbons (Fsp3) is 0.333. The first-order valence-corrected chi connectivity index (χ1v) is 10.2. The van der Waals surface area contributed by atoms with Gasteiger partial charge in [0.15, 0.2) is 15.5 Å². The van der Waals surface area contributed by atoms with Crippen molar-refractivity contribution in [1.82, 2.24) is 24.9 Å². The maximum Gasteiger partial charge on any atom is 0.432 e. The quantitative estimate of drug-likeness (QED) is 0.655. The summed E-state index contributed by atoms with van der Waals surface area (Å²) in [6, 6.07) is 7.84. The number of nitrogens with one attached hydrogen (secondary N) is 1. The molecule has 2 aromatic heterocycles. The number of hydroxylamine groups is 2. The van der Waals surface area contributed by atoms with E-state index in [-0.39, 0.29) is 0 Å². The lowest BCUT2D eigenvalue weighted by atomic mass is 10.2. The molecule has 1 amide bonds. The van der Waals surface area contributed by atoms with Crippen LogP contribution >= 0.6 is 22.9 Å². The molecule has 4 rings (SSSR count). The van der Waals surface area contributed by atoms with Crippen molar-refractivity contribution in [2.45, 2.75) is 6.54 Å². The van der Waals surface area contributed by atoms with Crippen LogP contribution in [0.25, 0.3) is 10.3 Å². The Labute approximate surface area is 176 Å². The minimum Gasteiger partial charge on any atom is -0.479 e. The van der Waals surface area contributed by atoms with E-state index in [1.807, 2.05) is 18.2 Å². The first-order chi connectivity index (χ1) is 14.1. The molecular weight excluding hydrogens is 416 g/mol. The number of benzene rings is 1. The molecule has 1 N–H and O–H groups in total. The second-order valence-corrected chi connectivity index (χ2v) is 7.81. The van der Waals surface area contributed by atoms with E-state index >= 15 is 0 Å². The van der Waals surface area contributed by atoms with E-state index in [4.69, 9.17) is 21.2 Å². The molecule has 0 atom stereocenters. The van der Waals surface area contributed by atoms with E-state index < -0.39 is 6.09 Å². The highest BCUT2D eigenvalue weighted by molar-refractivity contribution is 7.22. The van der Waals surface area contributed by atoms with Crippen molar-refractivity contribution in [3.8, 4) is 5.88 Å². The number of hydrogen-bond donors (Lipinski definition) is 1. The number of carbonyl (C=O) groups is 1. The Morgan fingerprint density at radius 3 is 2.86 bits per heavy atom. The van der Waals surface area contributed by atoms with Crippen molar-refractivity contribution < 1.29 is 14.4 Å². The number of amides is 1. The third kappa shape index (κ3) is 4.91. The van der Waals surface area contributed by atoms with Crippen molar-refractivity contribution in [2.75, 3.05) is 38.6 Å². The second-order valence-electron chi connectivity index (χ2n) is 6.39. The number of hydrogen-bond acceptors (Lipinski definition) is 9. The summed E-state index contributed by atoms with van der Waals surface area (Å²) in [6.45, 7) is 3.62. The predicted molar refractivity (Wildman–Crippen MR) is 110 cm³/mol. The van der Waals surface area contributed by atoms with Crippen LogP contribution < -0.4 is 10.1 Å². The first kappa shape index (κ1) is 19.8. The number of fused-ring (bicyclic) bond motifs is 1. The number of thiazole rings is 1. The van der Waals surface area contributed by atoms with Gasteiger partial charge in [-0.3, -0.25) is 10.2 Å². The number of anilines is 1. The number of ether oxygens (including phenoxy) is 1. The van der Waals surface area contributed by atoms with Crippen LogP contribution in [0.4, 0.5) is 9.93 Å². The summed E-state index contributed by atoms with van der Waals surface area (Å²) in [5.41, 5.74) is 1.67. The summed E-state index contributed by atoms with van der Waals surface area (Å²) in [7, 11) is 1.51. The predicted octanol–water partition coefficient (Wildman–Crippen LogP) is 3.03. The minimum atomic E-state index is -0.584. The van der Waals surface area contributed by atoms with Crippen molar-refractivity contribution in [2.24, 2.45) is 0 Å². The van der Waals surface area contributed by atoms with Gasteiger partial charge in [0.05, 0.1) is 7.11 Å². The molecule has 152 valence electrons. The van der Waals surface area contributed by atoms with Crippen molar-refractivity contribution in [3.63, 3.8) is 0 Å². The fourth-order valence-electron chi connectivity index (χ4n) is 3.04. The molecule has 11 heteroatoms. The van der Waals surface area contributed by atoms with Gasteiger partial charge >= 0.3 is 6.09 Å². The molecule has 29 heavy (non-hydrogen) atoms. The monoisotopic (exact) mass is 434 g/mol. The average Bonchev–Trinajstić information content (AvgIpc) is 3.11. The van der Waals surface area contributed by atoms with Crippen LogP contribution in [-0.4, -0.2) is 64.3 Å². The van der Waals surface area contributed by atoms with E-state index in [2.05, 4.69) is 31.2 Å². The number of rotatable bonds is 5. The molecule has 1 saturated heterocycles. The highest BCUT2D eigenvalue weighted by Crippen LogP contribution is 2.28. The number of carbonyl (C=O) groups excluding carboxylic acids is 1. The zero-order chi connectivity index (χ0) is 20.2. The van der Waals surface area contributed by atoms with Crippen LogP contribution in [0.3, 0.4) is 0 Å². The number of halogens is 1. The standard InChI is InChI=1S/C18H19ClN6O3S/c1-27-15-14-16(21-11-20-15)29-17(22-14)23-18(26)28-25-7-5-24(6-8-25)10-12-3-2-4-13(19)9-12/h2-4,9,11H,5-8,10H2,1H3,(H,22,23,26). The topological polar surface area (TPSA) is 92.7 Å². The van der Waals surface area contributed by atoms with Crippen LogP contribution in [-0.2, 0) is 11.4 Å². The van der Waals surface area contributed by atoms with Gasteiger partial charge in [-0.25, -0.2) is 14.8 Å². The molecule has 0 radical (unpaired) electrons. The summed E-state index contributed by atoms with van der Waals surface area (Å²) < 4.78 is 5.16. The van der Waals surface area contributed by atoms with Gasteiger partial charge in [0.25, 0.3) is 0 Å². The van der Waals surface area contributed by atoms with Crippen LogP contribution in [0.5, 0.6) is 5.88 Å². The van der Waals surface area contributed by atoms with E-state index in [9.17, 15) is 4.79 Å². The van der Waals surface area contributed by atoms with Gasteiger partial charge in [-0.15, -0.1) is 5.06 Å². The lowest BCUT2D eigenvalue weighted by Crippen LogP contribution is -2.46. The van der Waals surface area contributed by atoms with Gasteiger partial charge in [0.2, 0.25) is 5.88 Å². The van der Waals surface area contributed by atoms with Crippen molar-refractivity contribution in [1.29, 1.82) is 0 Å². The molecule has 9 nitrogen and oxygen atoms in total. The number of aromatic nitrogens is 3. The van der Waals surface area contributed by atoms with Crippen LogP contribution in [0.2, 0.25) is 5.02 Å². The molecule has 0 spiro atoms. The Balaban J connectivity index is 1.28. The van der Waals surface area contributed by atoms with Crippen LogP contribution in [0, 0.1) is 0 Å². The van der Waals surface area contributed by atoms with Gasteiger partial charge in [-0.1, -0.05) is 35.1 Å². The molecule has 0 saturated carbocycles. The molecule has 1 fully saturated rings. The fourth-order valence-corrected chi connectivity index (χ4v) is 4.03. The molecule has 1 aliphatic rings. The summed E-state index contributed by atoms with van der Waals surface area (Å²) in [5, 5.41) is 5.40. The highest BCUT2D eigenvalue weighted by atomic mass is 35.5. The SMILES string of the molecule is COc1ncnc2sc(NC(=O)ON3CCN(Cc4cccc(Cl)c4)CC3)nc12. The third-order valence-corrected chi connectivity index (χ3v) is 5.52. The van der Waals surface area contributed by atoms with Gasteiger partial charge in [0.1, 0.15) is 6.33 Å². The molecule has 0 bridgehead atoms. The van der Waals surface area contributed by atoms with E-state index in [0.717, 1.165) is 24.7 Å². The van der Waals surface area contributed by atoms with Gasteiger partial charge in [-0.05, 0) is 17.7 Å². The maximum absolute atomic E-state index is 12.2. The zero-order valence-electron chi connectivity index (χ0n) is 15.7. The molecule has 0 aliphatic carbocycles. The van der Waals surface area contributed by atoms with Crippen molar-refractivity contribution in [3.05, 3.63) is 41.2 Å². The van der Waals surface area contributed by atoms with Crippen molar-refractivity contribution >= 4 is 44.5 Å². The highest BCUT2D eigenvalue weighted by Gasteiger charge is 2.21. The lowest BCUT2D eigenvalue weighted by Gasteiger charge is -2.33. The first-order valence-electron chi connectivity index (χ1n) is 8.97. The number of methoxy groups -OCH3 is 1. The zero-order valence-corrected chi connectivity index (χ0v) is 17.2. The molecular formula is C18H19ClN6O3S. The van der Waals surface area contributed by atoms with Gasteiger partial charge in [-0.2, -0.15) is 4.98 Å². The summed E-state index contributed by atoms with van der Waals surface area (Å²) >= 11 is 7.27. The summed E-state index contributed by atoms with van der Waals surface area (Å²) in [4.78, 5) is 33.0. The largest absolute Gasteiger partial charge is 0.479 e. The molecule has 1 aromatic carbocycles. The average molecular weight is 435 g/mol. The van der Waals surface area contributed by atoms with E-state index in [1.165, 1.54) is 30.3 Å². The van der Waals surface area contributed by atoms with Crippen LogP contribution in [0.15, 0.2) is 30.6 Å². The Hall–Kier alpha value is -2.53. The molecule has 3 heterocycles. The summed E-state index contributed by atoms with van der Waals surface area (Å²) in [5.74, 6) is 0.364. The Morgan fingerprint density at radius 2 is 2.10 bits per heavy atom. The molecule has 0 unspecified atom stereocenters. The lowest BCUT2D eigenvalue weighted by molar-refractivity contribution is -0.119. The smallest absolute Gasteiger partial charge is 0.432 e. The van der Waals surface area contributed by atoms with Gasteiger partial charge in [0, 0.05) is 37.7 Å². The number of nitrogens with zero attached hydrogens (tertiary/aromatic N) is 5. The van der Waals surface area contributed by atoms with Gasteiger partial charge < -0.3 is 9.57 Å². The second kappa shape index (κ2) is 8.87. The van der Waals surface area contributed by atoms with E-state index in [0.29, 0.717) is 34.4 Å².